The molecule has 14 heavy (non-hydrogen) atoms. The van der Waals surface area contributed by atoms with Gasteiger partial charge < -0.3 is 4.74 Å². The van der Waals surface area contributed by atoms with Gasteiger partial charge in [-0.1, -0.05) is 45.5 Å². The highest BCUT2D eigenvalue weighted by molar-refractivity contribution is 5.70. The van der Waals surface area contributed by atoms with Crippen LogP contribution in [0.4, 0.5) is 0 Å². The number of hydrogen-bond donors (Lipinski definition) is 0. The third kappa shape index (κ3) is 9.12. The minimum Gasteiger partial charge on any atom is -0.372 e. The van der Waals surface area contributed by atoms with Gasteiger partial charge in [-0.2, -0.15) is 0 Å². The molecule has 80 valence electrons. The van der Waals surface area contributed by atoms with Gasteiger partial charge in [-0.05, 0) is 6.42 Å². The molecule has 2 nitrogen and oxygen atoms in total. The second-order valence-corrected chi connectivity index (χ2v) is 3.27. The molecule has 0 saturated heterocycles. The number of carbonyl (C=O) groups is 1. The second kappa shape index (κ2) is 10.1. The molecular weight excluding hydrogens is 176 g/mol. The lowest BCUT2D eigenvalue weighted by Gasteiger charge is -1.97. The van der Waals surface area contributed by atoms with Crippen LogP contribution in [0.2, 0.25) is 0 Å². The van der Waals surface area contributed by atoms with Crippen LogP contribution in [-0.4, -0.2) is 5.97 Å². The first-order chi connectivity index (χ1) is 6.81. The lowest BCUT2D eigenvalue weighted by molar-refractivity contribution is -0.136. The Balaban J connectivity index is 3.27. The molecule has 0 aromatic heterocycles. The van der Waals surface area contributed by atoms with E-state index in [0.29, 0.717) is 6.42 Å². The van der Waals surface area contributed by atoms with Crippen molar-refractivity contribution in [2.24, 2.45) is 0 Å². The molecule has 0 radical (unpaired) electrons. The SMILES string of the molecule is CCC#COC(=O)CCCCCCC. The zero-order valence-electron chi connectivity index (χ0n) is 9.27. The first kappa shape index (κ1) is 13.0. The lowest BCUT2D eigenvalue weighted by atomic mass is 10.1. The van der Waals surface area contributed by atoms with Crippen LogP contribution in [0.3, 0.4) is 0 Å². The Morgan fingerprint density at radius 3 is 2.50 bits per heavy atom. The van der Waals surface area contributed by atoms with Crippen molar-refractivity contribution in [1.29, 1.82) is 0 Å². The average Bonchev–Trinajstić information content (AvgIpc) is 2.18. The van der Waals surface area contributed by atoms with E-state index < -0.39 is 0 Å². The van der Waals surface area contributed by atoms with Crippen LogP contribution in [-0.2, 0) is 9.53 Å². The molecule has 0 aliphatic heterocycles. The summed E-state index contributed by atoms with van der Waals surface area (Å²) in [6.45, 7) is 4.10. The molecule has 0 spiro atoms. The van der Waals surface area contributed by atoms with Gasteiger partial charge in [0.25, 0.3) is 0 Å². The maximum atomic E-state index is 11.0. The normalized spacial score (nSPS) is 9.00. The van der Waals surface area contributed by atoms with E-state index in [9.17, 15) is 4.79 Å². The molecule has 0 aliphatic carbocycles. The van der Waals surface area contributed by atoms with Crippen LogP contribution < -0.4 is 0 Å². The molecule has 0 saturated carbocycles. The minimum atomic E-state index is -0.192. The Morgan fingerprint density at radius 1 is 1.14 bits per heavy atom. The van der Waals surface area contributed by atoms with E-state index >= 15 is 0 Å². The third-order valence-corrected chi connectivity index (χ3v) is 1.90. The fourth-order valence-corrected chi connectivity index (χ4v) is 1.09. The summed E-state index contributed by atoms with van der Waals surface area (Å²) in [6.07, 6.45) is 9.35. The summed E-state index contributed by atoms with van der Waals surface area (Å²) in [5.74, 6) is 2.50. The first-order valence-corrected chi connectivity index (χ1v) is 5.48. The van der Waals surface area contributed by atoms with Gasteiger partial charge in [0.2, 0.25) is 0 Å². The maximum absolute atomic E-state index is 11.0. The smallest absolute Gasteiger partial charge is 0.319 e. The van der Waals surface area contributed by atoms with Gasteiger partial charge in [0.05, 0.1) is 0 Å². The quantitative estimate of drug-likeness (QED) is 0.370. The minimum absolute atomic E-state index is 0.192. The Morgan fingerprint density at radius 2 is 1.86 bits per heavy atom. The number of rotatable bonds is 6. The zero-order chi connectivity index (χ0) is 10.6. The molecule has 0 aliphatic rings. The van der Waals surface area contributed by atoms with E-state index in [1.807, 2.05) is 6.92 Å². The number of hydrogen-bond acceptors (Lipinski definition) is 2. The molecule has 0 heterocycles. The number of carbonyl (C=O) groups excluding carboxylic acids is 1. The molecule has 0 unspecified atom stereocenters. The zero-order valence-corrected chi connectivity index (χ0v) is 9.27. The number of esters is 1. The van der Waals surface area contributed by atoms with Crippen molar-refractivity contribution in [3.63, 3.8) is 0 Å². The van der Waals surface area contributed by atoms with E-state index in [2.05, 4.69) is 23.7 Å². The van der Waals surface area contributed by atoms with Crippen LogP contribution in [0.15, 0.2) is 0 Å². The summed E-state index contributed by atoms with van der Waals surface area (Å²) in [4.78, 5) is 11.0. The highest BCUT2D eigenvalue weighted by atomic mass is 16.5. The first-order valence-electron chi connectivity index (χ1n) is 5.48. The molecule has 2 heteroatoms. The molecule has 0 N–H and O–H groups in total. The number of unbranched alkanes of at least 4 members (excludes halogenated alkanes) is 4. The van der Waals surface area contributed by atoms with Gasteiger partial charge in [0.15, 0.2) is 0 Å². The summed E-state index contributed by atoms with van der Waals surface area (Å²) in [7, 11) is 0. The summed E-state index contributed by atoms with van der Waals surface area (Å²) in [5.41, 5.74) is 0. The van der Waals surface area contributed by atoms with Crippen LogP contribution in [0.25, 0.3) is 0 Å². The summed E-state index contributed by atoms with van der Waals surface area (Å²) >= 11 is 0. The van der Waals surface area contributed by atoms with Gasteiger partial charge in [-0.3, -0.25) is 4.79 Å². The largest absolute Gasteiger partial charge is 0.372 e. The summed E-state index contributed by atoms with van der Waals surface area (Å²) in [6, 6.07) is 0. The van der Waals surface area contributed by atoms with Crippen molar-refractivity contribution in [3.05, 3.63) is 0 Å². The van der Waals surface area contributed by atoms with Gasteiger partial charge in [0, 0.05) is 12.8 Å². The van der Waals surface area contributed by atoms with Crippen molar-refractivity contribution in [2.75, 3.05) is 0 Å². The molecule has 0 rings (SSSR count). The lowest BCUT2D eigenvalue weighted by Crippen LogP contribution is -1.99. The van der Waals surface area contributed by atoms with Crippen molar-refractivity contribution >= 4 is 5.97 Å². The highest BCUT2D eigenvalue weighted by Gasteiger charge is 1.99. The van der Waals surface area contributed by atoms with Gasteiger partial charge in [-0.15, -0.1) is 0 Å². The van der Waals surface area contributed by atoms with E-state index in [4.69, 9.17) is 0 Å². The van der Waals surface area contributed by atoms with Gasteiger partial charge in [0.1, 0.15) is 6.11 Å². The van der Waals surface area contributed by atoms with Gasteiger partial charge >= 0.3 is 5.97 Å². The topological polar surface area (TPSA) is 26.3 Å². The van der Waals surface area contributed by atoms with Crippen molar-refractivity contribution in [1.82, 2.24) is 0 Å². The van der Waals surface area contributed by atoms with Crippen molar-refractivity contribution in [3.8, 4) is 12.0 Å². The van der Waals surface area contributed by atoms with Gasteiger partial charge in [-0.25, -0.2) is 0 Å². The predicted octanol–water partition coefficient (Wildman–Crippen LogP) is 3.26. The van der Waals surface area contributed by atoms with Crippen molar-refractivity contribution < 1.29 is 9.53 Å². The van der Waals surface area contributed by atoms with Crippen molar-refractivity contribution in [2.45, 2.75) is 58.8 Å². The standard InChI is InChI=1S/C12H20O2/c1-3-5-7-8-9-10-12(13)14-11-6-4-2/h3-5,7-10H2,1-2H3. The predicted molar refractivity (Wildman–Crippen MR) is 57.5 cm³/mol. The monoisotopic (exact) mass is 196 g/mol. The van der Waals surface area contributed by atoms with Crippen LogP contribution in [0.5, 0.6) is 0 Å². The Bertz CT molecular complexity index is 198. The molecule has 0 aromatic carbocycles. The third-order valence-electron chi connectivity index (χ3n) is 1.90. The Kier molecular flexibility index (Phi) is 9.41. The average molecular weight is 196 g/mol. The summed E-state index contributed by atoms with van der Waals surface area (Å²) < 4.78 is 4.69. The van der Waals surface area contributed by atoms with E-state index in [-0.39, 0.29) is 5.97 Å². The molecule has 0 fully saturated rings. The second-order valence-electron chi connectivity index (χ2n) is 3.27. The fourth-order valence-electron chi connectivity index (χ4n) is 1.09. The molecule has 0 aromatic rings. The maximum Gasteiger partial charge on any atom is 0.319 e. The molecular formula is C12H20O2. The highest BCUT2D eigenvalue weighted by Crippen LogP contribution is 2.05. The molecule has 0 bridgehead atoms. The number of ether oxygens (including phenoxy) is 1. The van der Waals surface area contributed by atoms with Crippen LogP contribution in [0.1, 0.15) is 58.8 Å². The Hall–Kier alpha value is -0.970. The van der Waals surface area contributed by atoms with E-state index in [1.165, 1.54) is 19.3 Å². The van der Waals surface area contributed by atoms with Crippen LogP contribution >= 0.6 is 0 Å². The van der Waals surface area contributed by atoms with E-state index in [1.54, 1.807) is 0 Å². The molecule has 0 amide bonds. The molecule has 0 atom stereocenters. The fraction of sp³-hybridized carbons (Fsp3) is 0.750. The van der Waals surface area contributed by atoms with Crippen LogP contribution in [0, 0.1) is 12.0 Å². The Labute approximate surface area is 87.0 Å². The summed E-state index contributed by atoms with van der Waals surface area (Å²) in [5, 5.41) is 0. The van der Waals surface area contributed by atoms with E-state index in [0.717, 1.165) is 19.3 Å².